The molecule has 0 heterocycles. The molecule has 0 aliphatic rings. The summed E-state index contributed by atoms with van der Waals surface area (Å²) in [6.07, 6.45) is 0. The quantitative estimate of drug-likeness (QED) is 0.614. The number of benzene rings is 2. The molecule has 2 aromatic rings. The van der Waals surface area contributed by atoms with Gasteiger partial charge in [-0.05, 0) is 46.3 Å². The van der Waals surface area contributed by atoms with E-state index in [4.69, 9.17) is 14.7 Å². The average molecular weight is 349 g/mol. The van der Waals surface area contributed by atoms with Crippen LogP contribution in [-0.4, -0.2) is 12.0 Å². The lowest BCUT2D eigenvalue weighted by molar-refractivity contribution is -0.385. The Morgan fingerprint density at radius 2 is 1.95 bits per heavy atom. The Morgan fingerprint density at radius 1 is 1.24 bits per heavy atom. The van der Waals surface area contributed by atoms with Crippen molar-refractivity contribution in [2.45, 2.75) is 0 Å². The normalized spacial score (nSPS) is 9.76. The lowest BCUT2D eigenvalue weighted by atomic mass is 10.2. The van der Waals surface area contributed by atoms with Crippen molar-refractivity contribution in [2.75, 3.05) is 7.11 Å². The van der Waals surface area contributed by atoms with E-state index in [2.05, 4.69) is 15.9 Å². The first-order valence-electron chi connectivity index (χ1n) is 5.75. The van der Waals surface area contributed by atoms with Crippen molar-refractivity contribution < 1.29 is 14.4 Å². The van der Waals surface area contributed by atoms with Gasteiger partial charge in [0.15, 0.2) is 0 Å². The van der Waals surface area contributed by atoms with E-state index in [9.17, 15) is 10.1 Å². The summed E-state index contributed by atoms with van der Waals surface area (Å²) in [6, 6.07) is 11.0. The van der Waals surface area contributed by atoms with Gasteiger partial charge in [-0.25, -0.2) is 0 Å². The van der Waals surface area contributed by atoms with E-state index in [1.54, 1.807) is 24.3 Å². The van der Waals surface area contributed by atoms with E-state index in [1.807, 2.05) is 6.07 Å². The molecular weight excluding hydrogens is 340 g/mol. The van der Waals surface area contributed by atoms with E-state index < -0.39 is 4.92 Å². The van der Waals surface area contributed by atoms with Crippen LogP contribution in [0.2, 0.25) is 0 Å². The summed E-state index contributed by atoms with van der Waals surface area (Å²) < 4.78 is 11.0. The minimum atomic E-state index is -0.545. The Kier molecular flexibility index (Phi) is 4.40. The molecule has 0 amide bonds. The average Bonchev–Trinajstić information content (AvgIpc) is 2.47. The van der Waals surface area contributed by atoms with Crippen LogP contribution >= 0.6 is 15.9 Å². The molecule has 0 N–H and O–H groups in total. The number of nitrogens with zero attached hydrogens (tertiary/aromatic N) is 2. The Bertz CT molecular complexity index is 740. The van der Waals surface area contributed by atoms with Crippen molar-refractivity contribution >= 4 is 21.6 Å². The van der Waals surface area contributed by atoms with E-state index in [-0.39, 0.29) is 11.4 Å². The fourth-order valence-electron chi connectivity index (χ4n) is 1.63. The Morgan fingerprint density at radius 3 is 2.52 bits per heavy atom. The summed E-state index contributed by atoms with van der Waals surface area (Å²) in [5.74, 6) is 0.849. The minimum absolute atomic E-state index is 0.0948. The zero-order valence-corrected chi connectivity index (χ0v) is 12.5. The first-order valence-corrected chi connectivity index (χ1v) is 6.54. The van der Waals surface area contributed by atoms with Crippen LogP contribution in [0.5, 0.6) is 17.2 Å². The van der Waals surface area contributed by atoms with Crippen LogP contribution in [-0.2, 0) is 0 Å². The topological polar surface area (TPSA) is 85.4 Å². The summed E-state index contributed by atoms with van der Waals surface area (Å²) >= 11 is 3.23. The van der Waals surface area contributed by atoms with Crippen LogP contribution < -0.4 is 9.47 Å². The van der Waals surface area contributed by atoms with Crippen LogP contribution in [0.3, 0.4) is 0 Å². The molecule has 2 aromatic carbocycles. The number of nitro benzene ring substituents is 1. The van der Waals surface area contributed by atoms with Gasteiger partial charge in [-0.15, -0.1) is 0 Å². The Labute approximate surface area is 128 Å². The van der Waals surface area contributed by atoms with Gasteiger partial charge >= 0.3 is 5.69 Å². The third kappa shape index (κ3) is 3.30. The molecule has 7 heteroatoms. The zero-order chi connectivity index (χ0) is 15.4. The van der Waals surface area contributed by atoms with Crippen molar-refractivity contribution in [3.05, 3.63) is 56.5 Å². The van der Waals surface area contributed by atoms with Gasteiger partial charge in [0.25, 0.3) is 0 Å². The number of rotatable bonds is 4. The molecule has 0 saturated heterocycles. The predicted octanol–water partition coefficient (Wildman–Crippen LogP) is 4.03. The molecule has 6 nitrogen and oxygen atoms in total. The monoisotopic (exact) mass is 348 g/mol. The van der Waals surface area contributed by atoms with Crippen molar-refractivity contribution in [1.29, 1.82) is 5.26 Å². The van der Waals surface area contributed by atoms with Gasteiger partial charge in [0.2, 0.25) is 5.75 Å². The molecule has 0 spiro atoms. The number of halogens is 1. The van der Waals surface area contributed by atoms with E-state index in [0.717, 1.165) is 0 Å². The zero-order valence-electron chi connectivity index (χ0n) is 10.9. The molecule has 0 saturated carbocycles. The number of methoxy groups -OCH3 is 1. The van der Waals surface area contributed by atoms with Gasteiger partial charge in [0.1, 0.15) is 17.6 Å². The molecule has 21 heavy (non-hydrogen) atoms. The summed E-state index contributed by atoms with van der Waals surface area (Å²) in [5, 5.41) is 19.9. The van der Waals surface area contributed by atoms with Gasteiger partial charge in [-0.1, -0.05) is 0 Å². The molecule has 2 rings (SSSR count). The maximum Gasteiger partial charge on any atom is 0.315 e. The number of hydrogen-bond acceptors (Lipinski definition) is 5. The number of nitriles is 1. The van der Waals surface area contributed by atoms with E-state index >= 15 is 0 Å². The highest BCUT2D eigenvalue weighted by molar-refractivity contribution is 9.10. The number of nitro groups is 1. The molecule has 0 aliphatic heterocycles. The van der Waals surface area contributed by atoms with Crippen LogP contribution in [0.15, 0.2) is 40.9 Å². The van der Waals surface area contributed by atoms with E-state index in [1.165, 1.54) is 19.2 Å². The van der Waals surface area contributed by atoms with Crippen molar-refractivity contribution in [3.8, 4) is 23.3 Å². The fraction of sp³-hybridized carbons (Fsp3) is 0.0714. The summed E-state index contributed by atoms with van der Waals surface area (Å²) in [6.45, 7) is 0. The summed E-state index contributed by atoms with van der Waals surface area (Å²) in [5.41, 5.74) is 0.251. The van der Waals surface area contributed by atoms with Gasteiger partial charge < -0.3 is 9.47 Å². The van der Waals surface area contributed by atoms with Gasteiger partial charge in [0, 0.05) is 4.47 Å². The maximum absolute atomic E-state index is 11.1. The summed E-state index contributed by atoms with van der Waals surface area (Å²) in [7, 11) is 1.43. The van der Waals surface area contributed by atoms with Gasteiger partial charge in [0.05, 0.1) is 23.7 Å². The first-order chi connectivity index (χ1) is 10.0. The second-order valence-electron chi connectivity index (χ2n) is 3.95. The highest BCUT2D eigenvalue weighted by Crippen LogP contribution is 2.35. The molecule has 0 bridgehead atoms. The minimum Gasteiger partial charge on any atom is -0.496 e. The van der Waals surface area contributed by atoms with Crippen LogP contribution in [0.4, 0.5) is 5.69 Å². The number of ether oxygens (including phenoxy) is 2. The van der Waals surface area contributed by atoms with Crippen molar-refractivity contribution in [1.82, 2.24) is 0 Å². The third-order valence-electron chi connectivity index (χ3n) is 2.65. The van der Waals surface area contributed by atoms with Crippen LogP contribution in [0, 0.1) is 21.4 Å². The van der Waals surface area contributed by atoms with Gasteiger partial charge in [-0.3, -0.25) is 10.1 Å². The molecule has 0 aliphatic carbocycles. The van der Waals surface area contributed by atoms with E-state index in [0.29, 0.717) is 21.5 Å². The maximum atomic E-state index is 11.1. The predicted molar refractivity (Wildman–Crippen MR) is 78.6 cm³/mol. The lowest BCUT2D eigenvalue weighted by Gasteiger charge is -2.08. The largest absolute Gasteiger partial charge is 0.496 e. The fourth-order valence-corrected chi connectivity index (χ4v) is 2.08. The second kappa shape index (κ2) is 6.24. The smallest absolute Gasteiger partial charge is 0.315 e. The molecular formula is C14H9BrN2O4. The molecule has 106 valence electrons. The third-order valence-corrected chi connectivity index (χ3v) is 3.31. The molecule has 0 unspecified atom stereocenters. The van der Waals surface area contributed by atoms with Crippen molar-refractivity contribution in [3.63, 3.8) is 0 Å². The Balaban J connectivity index is 2.37. The molecule has 0 aromatic heterocycles. The highest BCUT2D eigenvalue weighted by Gasteiger charge is 2.17. The number of hydrogen-bond donors (Lipinski definition) is 0. The van der Waals surface area contributed by atoms with Crippen LogP contribution in [0.1, 0.15) is 5.56 Å². The molecule has 0 atom stereocenters. The second-order valence-corrected chi connectivity index (χ2v) is 4.80. The highest BCUT2D eigenvalue weighted by atomic mass is 79.9. The van der Waals surface area contributed by atoms with Gasteiger partial charge in [-0.2, -0.15) is 5.26 Å². The van der Waals surface area contributed by atoms with Crippen LogP contribution in [0.25, 0.3) is 0 Å². The first kappa shape index (κ1) is 14.8. The Hall–Kier alpha value is -2.59. The molecule has 0 fully saturated rings. The van der Waals surface area contributed by atoms with Crippen molar-refractivity contribution in [2.24, 2.45) is 0 Å². The SMILES string of the molecule is COc1ccc(Oc2ccc(C#N)c(Br)c2)c([N+](=O)[O-])c1. The molecule has 0 radical (unpaired) electrons. The summed E-state index contributed by atoms with van der Waals surface area (Å²) in [4.78, 5) is 10.5. The standard InChI is InChI=1S/C14H9BrN2O4/c1-20-10-4-5-14(13(7-10)17(18)19)21-11-3-2-9(8-16)12(15)6-11/h2-7H,1H3. The lowest BCUT2D eigenvalue weighted by Crippen LogP contribution is -1.95.